The van der Waals surface area contributed by atoms with Gasteiger partial charge in [0.1, 0.15) is 16.7 Å². The molecule has 0 spiro atoms. The number of nitrogens with zero attached hydrogens (tertiary/aromatic N) is 1. The predicted molar refractivity (Wildman–Crippen MR) is 67.2 cm³/mol. The van der Waals surface area contributed by atoms with Crippen molar-refractivity contribution in [3.63, 3.8) is 0 Å². The number of nitrogens with one attached hydrogen (secondary N) is 2. The quantitative estimate of drug-likeness (QED) is 0.828. The molecule has 0 amide bonds. The van der Waals surface area contributed by atoms with Gasteiger partial charge in [0, 0.05) is 6.07 Å². The summed E-state index contributed by atoms with van der Waals surface area (Å²) in [6.07, 6.45) is 1.10. The smallest absolute Gasteiger partial charge is 0.271 e. The molecule has 1 aromatic carbocycles. The van der Waals surface area contributed by atoms with Crippen molar-refractivity contribution < 1.29 is 8.78 Å². The molecule has 0 saturated carbocycles. The van der Waals surface area contributed by atoms with Crippen LogP contribution in [0.4, 0.5) is 20.3 Å². The third-order valence-electron chi connectivity index (χ3n) is 2.06. The molecule has 1 heterocycles. The first-order valence-corrected chi connectivity index (χ1v) is 5.81. The number of aromatic nitrogens is 2. The Morgan fingerprint density at radius 3 is 2.78 bits per heavy atom. The zero-order chi connectivity index (χ0) is 13.3. The fraction of sp³-hybridized carbons (Fsp3) is 0. The lowest BCUT2D eigenvalue weighted by Crippen LogP contribution is -2.10. The molecule has 94 valence electrons. The van der Waals surface area contributed by atoms with E-state index in [-0.39, 0.29) is 21.0 Å². The average molecular weight is 337 g/mol. The Hall–Kier alpha value is -1.47. The standard InChI is InChI=1S/C10H5BrClF2N3O/c11-4-1-6(14)7(2-5(4)13)17-9-8(12)10(18)16-3-15-9/h1-3H,(H2,15,16,17,18). The molecule has 8 heteroatoms. The van der Waals surface area contributed by atoms with Crippen LogP contribution in [0, 0.1) is 11.6 Å². The van der Waals surface area contributed by atoms with Gasteiger partial charge in [-0.15, -0.1) is 0 Å². The lowest BCUT2D eigenvalue weighted by molar-refractivity contribution is 0.597. The summed E-state index contributed by atoms with van der Waals surface area (Å²) in [6.45, 7) is 0. The van der Waals surface area contributed by atoms with Gasteiger partial charge in [0.25, 0.3) is 5.56 Å². The summed E-state index contributed by atoms with van der Waals surface area (Å²) in [6, 6.07) is 1.89. The van der Waals surface area contributed by atoms with Gasteiger partial charge in [0.05, 0.1) is 16.5 Å². The van der Waals surface area contributed by atoms with Crippen molar-refractivity contribution >= 4 is 39.0 Å². The van der Waals surface area contributed by atoms with Crippen LogP contribution in [0.2, 0.25) is 5.02 Å². The Labute approximate surface area is 113 Å². The number of halogens is 4. The van der Waals surface area contributed by atoms with Crippen LogP contribution in [0.25, 0.3) is 0 Å². The van der Waals surface area contributed by atoms with Crippen molar-refractivity contribution in [1.82, 2.24) is 9.97 Å². The van der Waals surface area contributed by atoms with Crippen LogP contribution in [0.1, 0.15) is 0 Å². The molecular formula is C10H5BrClF2N3O. The van der Waals surface area contributed by atoms with Gasteiger partial charge in [-0.2, -0.15) is 0 Å². The van der Waals surface area contributed by atoms with Gasteiger partial charge in [0.2, 0.25) is 0 Å². The molecule has 0 bridgehead atoms. The Bertz CT molecular complexity index is 662. The third-order valence-corrected chi connectivity index (χ3v) is 3.02. The van der Waals surface area contributed by atoms with Gasteiger partial charge in [-0.3, -0.25) is 4.79 Å². The van der Waals surface area contributed by atoms with Crippen molar-refractivity contribution in [2.45, 2.75) is 0 Å². The van der Waals surface area contributed by atoms with Gasteiger partial charge in [0.15, 0.2) is 5.82 Å². The number of aromatic amines is 1. The largest absolute Gasteiger partial charge is 0.336 e. The Morgan fingerprint density at radius 2 is 2.06 bits per heavy atom. The topological polar surface area (TPSA) is 57.8 Å². The molecule has 4 nitrogen and oxygen atoms in total. The number of hydrogen-bond acceptors (Lipinski definition) is 3. The molecule has 0 unspecified atom stereocenters. The molecule has 0 aliphatic rings. The Balaban J connectivity index is 2.43. The normalized spacial score (nSPS) is 10.4. The number of H-pyrrole nitrogens is 1. The number of benzene rings is 1. The zero-order valence-electron chi connectivity index (χ0n) is 8.60. The molecule has 2 aromatic rings. The minimum Gasteiger partial charge on any atom is -0.336 e. The molecule has 1 aromatic heterocycles. The molecule has 0 radical (unpaired) electrons. The maximum atomic E-state index is 13.5. The Morgan fingerprint density at radius 1 is 1.33 bits per heavy atom. The zero-order valence-corrected chi connectivity index (χ0v) is 10.9. The predicted octanol–water partition coefficient (Wildman–Crippen LogP) is 3.21. The molecule has 2 rings (SSSR count). The fourth-order valence-electron chi connectivity index (χ4n) is 1.22. The van der Waals surface area contributed by atoms with Crippen molar-refractivity contribution in [2.75, 3.05) is 5.32 Å². The fourth-order valence-corrected chi connectivity index (χ4v) is 1.68. The third kappa shape index (κ3) is 2.51. The van der Waals surface area contributed by atoms with Crippen molar-refractivity contribution in [3.8, 4) is 0 Å². The lowest BCUT2D eigenvalue weighted by atomic mass is 10.3. The second-order valence-corrected chi connectivity index (χ2v) is 4.50. The summed E-state index contributed by atoms with van der Waals surface area (Å²) in [5, 5.41) is 2.21. The molecule has 2 N–H and O–H groups in total. The van der Waals surface area contributed by atoms with E-state index in [4.69, 9.17) is 11.6 Å². The SMILES string of the molecule is O=c1[nH]cnc(Nc2cc(F)c(Br)cc2F)c1Cl. The number of hydrogen-bond donors (Lipinski definition) is 2. The highest BCUT2D eigenvalue weighted by atomic mass is 79.9. The van der Waals surface area contributed by atoms with Crippen molar-refractivity contribution in [2.24, 2.45) is 0 Å². The van der Waals surface area contributed by atoms with E-state index >= 15 is 0 Å². The number of anilines is 2. The van der Waals surface area contributed by atoms with Gasteiger partial charge >= 0.3 is 0 Å². The molecule has 18 heavy (non-hydrogen) atoms. The van der Waals surface area contributed by atoms with E-state index in [1.54, 1.807) is 0 Å². The van der Waals surface area contributed by atoms with E-state index in [1.165, 1.54) is 0 Å². The second kappa shape index (κ2) is 5.03. The van der Waals surface area contributed by atoms with Crippen LogP contribution in [0.15, 0.2) is 27.7 Å². The second-order valence-electron chi connectivity index (χ2n) is 3.27. The van der Waals surface area contributed by atoms with Crippen LogP contribution >= 0.6 is 27.5 Å². The van der Waals surface area contributed by atoms with E-state index in [1.807, 2.05) is 0 Å². The van der Waals surface area contributed by atoms with Gasteiger partial charge in [-0.05, 0) is 22.0 Å². The molecule has 0 saturated heterocycles. The van der Waals surface area contributed by atoms with Crippen LogP contribution in [-0.2, 0) is 0 Å². The van der Waals surface area contributed by atoms with Gasteiger partial charge < -0.3 is 10.3 Å². The maximum absolute atomic E-state index is 13.5. The van der Waals surface area contributed by atoms with Crippen LogP contribution < -0.4 is 10.9 Å². The minimum absolute atomic E-state index is 0.00415. The van der Waals surface area contributed by atoms with E-state index in [9.17, 15) is 13.6 Å². The van der Waals surface area contributed by atoms with E-state index in [2.05, 4.69) is 31.2 Å². The van der Waals surface area contributed by atoms with Crippen molar-refractivity contribution in [1.29, 1.82) is 0 Å². The van der Waals surface area contributed by atoms with E-state index in [0.717, 1.165) is 18.5 Å². The molecule has 0 fully saturated rings. The first-order valence-electron chi connectivity index (χ1n) is 4.64. The number of rotatable bonds is 2. The van der Waals surface area contributed by atoms with Crippen LogP contribution in [-0.4, -0.2) is 9.97 Å². The van der Waals surface area contributed by atoms with E-state index < -0.39 is 17.2 Å². The molecule has 0 aliphatic heterocycles. The summed E-state index contributed by atoms with van der Waals surface area (Å²) in [5.74, 6) is -1.41. The van der Waals surface area contributed by atoms with Gasteiger partial charge in [-0.25, -0.2) is 13.8 Å². The highest BCUT2D eigenvalue weighted by Crippen LogP contribution is 2.26. The molecular weight excluding hydrogens is 331 g/mol. The summed E-state index contributed by atoms with van der Waals surface area (Å²) in [4.78, 5) is 17.2. The summed E-state index contributed by atoms with van der Waals surface area (Å²) >= 11 is 8.52. The monoisotopic (exact) mass is 335 g/mol. The van der Waals surface area contributed by atoms with Crippen LogP contribution in [0.5, 0.6) is 0 Å². The highest BCUT2D eigenvalue weighted by Gasteiger charge is 2.11. The first-order chi connectivity index (χ1) is 8.49. The van der Waals surface area contributed by atoms with Crippen LogP contribution in [0.3, 0.4) is 0 Å². The lowest BCUT2D eigenvalue weighted by Gasteiger charge is -2.08. The summed E-state index contributed by atoms with van der Waals surface area (Å²) < 4.78 is 26.8. The Kier molecular flexibility index (Phi) is 3.63. The molecule has 0 atom stereocenters. The maximum Gasteiger partial charge on any atom is 0.271 e. The first kappa shape index (κ1) is 13.0. The van der Waals surface area contributed by atoms with Gasteiger partial charge in [-0.1, -0.05) is 11.6 Å². The summed E-state index contributed by atoms with van der Waals surface area (Å²) in [7, 11) is 0. The molecule has 0 aliphatic carbocycles. The average Bonchev–Trinajstić information content (AvgIpc) is 2.32. The summed E-state index contributed by atoms with van der Waals surface area (Å²) in [5.41, 5.74) is -0.747. The van der Waals surface area contributed by atoms with E-state index in [0.29, 0.717) is 0 Å². The highest BCUT2D eigenvalue weighted by molar-refractivity contribution is 9.10. The van der Waals surface area contributed by atoms with Crippen molar-refractivity contribution in [3.05, 3.63) is 49.9 Å². The minimum atomic E-state index is -0.707.